The summed E-state index contributed by atoms with van der Waals surface area (Å²) in [6, 6.07) is 5.39. The van der Waals surface area contributed by atoms with Crippen LogP contribution in [0.25, 0.3) is 0 Å². The summed E-state index contributed by atoms with van der Waals surface area (Å²) in [5.41, 5.74) is 0.870. The van der Waals surface area contributed by atoms with E-state index >= 15 is 0 Å². The fourth-order valence-electron chi connectivity index (χ4n) is 1.82. The fourth-order valence-corrected chi connectivity index (χ4v) is 1.82. The highest BCUT2D eigenvalue weighted by molar-refractivity contribution is 5.82. The molecule has 0 radical (unpaired) electrons. The molecule has 114 valence electrons. The van der Waals surface area contributed by atoms with Crippen LogP contribution in [0, 0.1) is 5.92 Å². The minimum Gasteiger partial charge on any atom is -0.493 e. The molecule has 0 aliphatic heterocycles. The second-order valence-corrected chi connectivity index (χ2v) is 4.85. The first-order valence-electron chi connectivity index (χ1n) is 6.78. The topological polar surface area (TPSA) is 73.9 Å². The Labute approximate surface area is 123 Å². The van der Waals surface area contributed by atoms with Gasteiger partial charge in [0.2, 0.25) is 0 Å². The standard InChI is InChI=1S/C15H19NO5/c1-19-12-6-3-10(7-13(12)20-2)8-16-14(17)9-21-15(18)11-4-5-11/h3,6-7,11H,4-5,8-9H2,1-2H3,(H,16,17). The van der Waals surface area contributed by atoms with Crippen molar-refractivity contribution in [3.8, 4) is 11.5 Å². The molecule has 1 amide bonds. The lowest BCUT2D eigenvalue weighted by Gasteiger charge is -2.10. The largest absolute Gasteiger partial charge is 0.493 e. The van der Waals surface area contributed by atoms with Gasteiger partial charge in [0.1, 0.15) is 0 Å². The number of carbonyl (C=O) groups is 2. The van der Waals surface area contributed by atoms with E-state index in [1.165, 1.54) is 0 Å². The Morgan fingerprint density at radius 3 is 2.52 bits per heavy atom. The van der Waals surface area contributed by atoms with Gasteiger partial charge in [-0.25, -0.2) is 0 Å². The molecule has 0 aromatic heterocycles. The van der Waals surface area contributed by atoms with Crippen LogP contribution in [0.4, 0.5) is 0 Å². The van der Waals surface area contributed by atoms with Crippen molar-refractivity contribution in [2.24, 2.45) is 5.92 Å². The number of benzene rings is 1. The molecule has 6 nitrogen and oxygen atoms in total. The van der Waals surface area contributed by atoms with Gasteiger partial charge in [-0.1, -0.05) is 6.07 Å². The summed E-state index contributed by atoms with van der Waals surface area (Å²) in [5, 5.41) is 2.69. The Morgan fingerprint density at radius 2 is 1.90 bits per heavy atom. The minimum absolute atomic E-state index is 0.00338. The van der Waals surface area contributed by atoms with Crippen molar-refractivity contribution >= 4 is 11.9 Å². The summed E-state index contributed by atoms with van der Waals surface area (Å²) >= 11 is 0. The maximum atomic E-state index is 11.6. The smallest absolute Gasteiger partial charge is 0.309 e. The van der Waals surface area contributed by atoms with E-state index in [1.54, 1.807) is 26.4 Å². The number of ether oxygens (including phenoxy) is 3. The second kappa shape index (κ2) is 6.97. The molecular formula is C15H19NO5. The summed E-state index contributed by atoms with van der Waals surface area (Å²) in [4.78, 5) is 22.9. The first kappa shape index (κ1) is 15.2. The van der Waals surface area contributed by atoms with Gasteiger partial charge in [0.25, 0.3) is 5.91 Å². The predicted octanol–water partition coefficient (Wildman–Crippen LogP) is 1.27. The lowest BCUT2D eigenvalue weighted by atomic mass is 10.2. The maximum Gasteiger partial charge on any atom is 0.309 e. The number of hydrogen-bond donors (Lipinski definition) is 1. The van der Waals surface area contributed by atoms with E-state index in [0.29, 0.717) is 18.0 Å². The van der Waals surface area contributed by atoms with Gasteiger partial charge in [-0.15, -0.1) is 0 Å². The Hall–Kier alpha value is -2.24. The van der Waals surface area contributed by atoms with Crippen LogP contribution in [0.1, 0.15) is 18.4 Å². The predicted molar refractivity (Wildman–Crippen MR) is 75.1 cm³/mol. The molecule has 0 atom stereocenters. The number of amides is 1. The van der Waals surface area contributed by atoms with E-state index in [2.05, 4.69) is 5.32 Å². The average Bonchev–Trinajstić information content (AvgIpc) is 3.35. The molecule has 0 heterocycles. The van der Waals surface area contributed by atoms with Gasteiger partial charge in [-0.3, -0.25) is 9.59 Å². The van der Waals surface area contributed by atoms with E-state index < -0.39 is 0 Å². The summed E-state index contributed by atoms with van der Waals surface area (Å²) < 4.78 is 15.2. The summed E-state index contributed by atoms with van der Waals surface area (Å²) in [5.74, 6) is 0.633. The zero-order valence-corrected chi connectivity index (χ0v) is 12.2. The maximum absolute atomic E-state index is 11.6. The van der Waals surface area contributed by atoms with Crippen LogP contribution in [-0.4, -0.2) is 32.7 Å². The summed E-state index contributed by atoms with van der Waals surface area (Å²) in [6.07, 6.45) is 1.73. The quantitative estimate of drug-likeness (QED) is 0.766. The molecule has 0 saturated heterocycles. The highest BCUT2D eigenvalue weighted by Gasteiger charge is 2.31. The van der Waals surface area contributed by atoms with Crippen LogP contribution in [0.3, 0.4) is 0 Å². The molecule has 0 bridgehead atoms. The molecule has 0 unspecified atom stereocenters. The van der Waals surface area contributed by atoms with Crippen molar-refractivity contribution < 1.29 is 23.8 Å². The molecule has 0 spiro atoms. The monoisotopic (exact) mass is 293 g/mol. The van der Waals surface area contributed by atoms with E-state index in [9.17, 15) is 9.59 Å². The van der Waals surface area contributed by atoms with Crippen LogP contribution in [0.2, 0.25) is 0 Å². The van der Waals surface area contributed by atoms with Crippen molar-refractivity contribution in [3.63, 3.8) is 0 Å². The second-order valence-electron chi connectivity index (χ2n) is 4.85. The van der Waals surface area contributed by atoms with Crippen LogP contribution >= 0.6 is 0 Å². The van der Waals surface area contributed by atoms with Crippen LogP contribution in [-0.2, 0) is 20.9 Å². The lowest BCUT2D eigenvalue weighted by molar-refractivity contribution is -0.149. The fraction of sp³-hybridized carbons (Fsp3) is 0.467. The van der Waals surface area contributed by atoms with E-state index in [1.807, 2.05) is 6.07 Å². The van der Waals surface area contributed by atoms with Gasteiger partial charge in [-0.05, 0) is 30.5 Å². The number of hydrogen-bond acceptors (Lipinski definition) is 5. The molecule has 1 aromatic rings. The molecule has 21 heavy (non-hydrogen) atoms. The van der Waals surface area contributed by atoms with Crippen molar-refractivity contribution in [2.45, 2.75) is 19.4 Å². The third-order valence-electron chi connectivity index (χ3n) is 3.19. The van der Waals surface area contributed by atoms with Gasteiger partial charge in [0, 0.05) is 6.54 Å². The summed E-state index contributed by atoms with van der Waals surface area (Å²) in [7, 11) is 3.12. The highest BCUT2D eigenvalue weighted by atomic mass is 16.5. The molecule has 1 aromatic carbocycles. The van der Waals surface area contributed by atoms with E-state index in [4.69, 9.17) is 14.2 Å². The zero-order chi connectivity index (χ0) is 15.2. The SMILES string of the molecule is COc1ccc(CNC(=O)COC(=O)C2CC2)cc1OC. The molecule has 1 aliphatic carbocycles. The Balaban J connectivity index is 1.78. The Kier molecular flexibility index (Phi) is 5.03. The van der Waals surface area contributed by atoms with Crippen molar-refractivity contribution in [2.75, 3.05) is 20.8 Å². The van der Waals surface area contributed by atoms with Gasteiger partial charge in [0.15, 0.2) is 18.1 Å². The van der Waals surface area contributed by atoms with Crippen LogP contribution < -0.4 is 14.8 Å². The van der Waals surface area contributed by atoms with E-state index in [-0.39, 0.29) is 24.4 Å². The Morgan fingerprint density at radius 1 is 1.19 bits per heavy atom. The first-order valence-corrected chi connectivity index (χ1v) is 6.78. The molecule has 1 aliphatic rings. The van der Waals surface area contributed by atoms with Crippen LogP contribution in [0.15, 0.2) is 18.2 Å². The molecule has 1 fully saturated rings. The van der Waals surface area contributed by atoms with Gasteiger partial charge < -0.3 is 19.5 Å². The molecule has 1 N–H and O–H groups in total. The van der Waals surface area contributed by atoms with Gasteiger partial charge in [-0.2, -0.15) is 0 Å². The first-order chi connectivity index (χ1) is 10.1. The van der Waals surface area contributed by atoms with E-state index in [0.717, 1.165) is 18.4 Å². The third kappa shape index (κ3) is 4.37. The number of rotatable bonds is 7. The number of methoxy groups -OCH3 is 2. The average molecular weight is 293 g/mol. The van der Waals surface area contributed by atoms with Gasteiger partial charge in [0.05, 0.1) is 20.1 Å². The number of esters is 1. The molecule has 6 heteroatoms. The zero-order valence-electron chi connectivity index (χ0n) is 12.2. The van der Waals surface area contributed by atoms with Crippen LogP contribution in [0.5, 0.6) is 11.5 Å². The Bertz CT molecular complexity index is 525. The molecular weight excluding hydrogens is 274 g/mol. The van der Waals surface area contributed by atoms with Crippen molar-refractivity contribution in [1.82, 2.24) is 5.32 Å². The molecule has 2 rings (SSSR count). The third-order valence-corrected chi connectivity index (χ3v) is 3.19. The van der Waals surface area contributed by atoms with Crippen molar-refractivity contribution in [3.05, 3.63) is 23.8 Å². The lowest BCUT2D eigenvalue weighted by Crippen LogP contribution is -2.28. The highest BCUT2D eigenvalue weighted by Crippen LogP contribution is 2.30. The molecule has 1 saturated carbocycles. The number of carbonyl (C=O) groups excluding carboxylic acids is 2. The normalized spacial score (nSPS) is 13.4. The van der Waals surface area contributed by atoms with Gasteiger partial charge >= 0.3 is 5.97 Å². The summed E-state index contributed by atoms with van der Waals surface area (Å²) in [6.45, 7) is 0.1000. The number of nitrogens with one attached hydrogen (secondary N) is 1. The van der Waals surface area contributed by atoms with Crippen molar-refractivity contribution in [1.29, 1.82) is 0 Å². The minimum atomic E-state index is -0.321.